The number of carbonyl (C=O) groups excluding carboxylic acids is 3. The predicted octanol–water partition coefficient (Wildman–Crippen LogP) is 1.99. The van der Waals surface area contributed by atoms with E-state index in [1.54, 1.807) is 4.90 Å². The van der Waals surface area contributed by atoms with E-state index in [1.807, 2.05) is 0 Å². The van der Waals surface area contributed by atoms with Crippen LogP contribution in [0.5, 0.6) is 0 Å². The number of halogens is 2. The van der Waals surface area contributed by atoms with Crippen LogP contribution in [0.2, 0.25) is 0 Å². The number of imide groups is 1. The van der Waals surface area contributed by atoms with Crippen molar-refractivity contribution in [2.24, 2.45) is 5.92 Å². The molecule has 8 heteroatoms. The Kier molecular flexibility index (Phi) is 4.68. The number of piperidine rings is 1. The van der Waals surface area contributed by atoms with Crippen LogP contribution in [0.1, 0.15) is 32.3 Å². The van der Waals surface area contributed by atoms with E-state index in [0.717, 1.165) is 35.9 Å². The van der Waals surface area contributed by atoms with Crippen molar-refractivity contribution in [3.05, 3.63) is 35.4 Å². The van der Waals surface area contributed by atoms with Crippen LogP contribution in [0.15, 0.2) is 18.2 Å². The molecule has 0 unspecified atom stereocenters. The monoisotopic (exact) mass is 365 g/mol. The van der Waals surface area contributed by atoms with Gasteiger partial charge < -0.3 is 10.2 Å². The van der Waals surface area contributed by atoms with E-state index in [0.29, 0.717) is 19.0 Å². The van der Waals surface area contributed by atoms with Crippen molar-refractivity contribution in [3.8, 4) is 0 Å². The summed E-state index contributed by atoms with van der Waals surface area (Å²) < 4.78 is 27.6. The fraction of sp³-hybridized carbons (Fsp3) is 0.500. The number of hydrogen-bond donors (Lipinski definition) is 1. The van der Waals surface area contributed by atoms with Crippen molar-refractivity contribution < 1.29 is 23.2 Å². The van der Waals surface area contributed by atoms with E-state index in [-0.39, 0.29) is 11.5 Å². The fourth-order valence-electron chi connectivity index (χ4n) is 3.40. The van der Waals surface area contributed by atoms with Gasteiger partial charge in [0.15, 0.2) is 0 Å². The summed E-state index contributed by atoms with van der Waals surface area (Å²) in [6.45, 7) is 4.17. The first kappa shape index (κ1) is 18.3. The number of likely N-dealkylation sites (tertiary alicyclic amines) is 1. The summed E-state index contributed by atoms with van der Waals surface area (Å²) in [7, 11) is 0. The summed E-state index contributed by atoms with van der Waals surface area (Å²) in [6, 6.07) is 1.92. The molecule has 1 atom stereocenters. The Hall–Kier alpha value is -2.51. The van der Waals surface area contributed by atoms with E-state index in [1.165, 1.54) is 6.92 Å². The van der Waals surface area contributed by atoms with Gasteiger partial charge in [-0.05, 0) is 43.9 Å². The number of amides is 4. The number of hydrogen-bond acceptors (Lipinski definition) is 3. The Morgan fingerprint density at radius 3 is 2.58 bits per heavy atom. The van der Waals surface area contributed by atoms with Crippen LogP contribution < -0.4 is 5.32 Å². The zero-order valence-electron chi connectivity index (χ0n) is 14.7. The third kappa shape index (κ3) is 3.15. The minimum atomic E-state index is -1.75. The number of benzene rings is 1. The molecule has 3 rings (SSSR count). The van der Waals surface area contributed by atoms with Gasteiger partial charge in [-0.1, -0.05) is 6.92 Å². The molecule has 2 aliphatic heterocycles. The minimum absolute atomic E-state index is 0.266. The summed E-state index contributed by atoms with van der Waals surface area (Å²) in [5.41, 5.74) is -2.02. The second-order valence-corrected chi connectivity index (χ2v) is 7.13. The summed E-state index contributed by atoms with van der Waals surface area (Å²) in [5.74, 6) is -2.09. The number of urea groups is 1. The predicted molar refractivity (Wildman–Crippen MR) is 88.9 cm³/mol. The van der Waals surface area contributed by atoms with Gasteiger partial charge in [-0.3, -0.25) is 14.5 Å². The highest BCUT2D eigenvalue weighted by Crippen LogP contribution is 2.31. The van der Waals surface area contributed by atoms with Crippen molar-refractivity contribution in [2.45, 2.75) is 32.2 Å². The molecule has 2 fully saturated rings. The maximum atomic E-state index is 14.1. The van der Waals surface area contributed by atoms with Gasteiger partial charge in [-0.25, -0.2) is 13.6 Å². The van der Waals surface area contributed by atoms with Crippen LogP contribution in [0, 0.1) is 17.6 Å². The molecule has 0 aromatic heterocycles. The molecule has 2 saturated heterocycles. The van der Waals surface area contributed by atoms with Crippen LogP contribution in [-0.4, -0.2) is 47.3 Å². The summed E-state index contributed by atoms with van der Waals surface area (Å²) >= 11 is 0. The molecule has 2 aliphatic rings. The third-order valence-corrected chi connectivity index (χ3v) is 5.17. The normalized spacial score (nSPS) is 24.2. The standard InChI is InChI=1S/C18H21F2N3O3/c1-11-5-7-22(8-6-11)15(24)10-23-16(25)18(2,21-17(23)26)13-9-12(19)3-4-14(13)20/h3-4,9,11H,5-8,10H2,1-2H3,(H,21,26)/t18-/m0/s1. The van der Waals surface area contributed by atoms with Gasteiger partial charge in [0.25, 0.3) is 5.91 Å². The van der Waals surface area contributed by atoms with Crippen LogP contribution >= 0.6 is 0 Å². The van der Waals surface area contributed by atoms with Crippen LogP contribution in [0.3, 0.4) is 0 Å². The summed E-state index contributed by atoms with van der Waals surface area (Å²) in [5, 5.41) is 2.39. The van der Waals surface area contributed by atoms with Crippen molar-refractivity contribution in [1.29, 1.82) is 0 Å². The van der Waals surface area contributed by atoms with Crippen LogP contribution in [0.25, 0.3) is 0 Å². The Morgan fingerprint density at radius 1 is 1.27 bits per heavy atom. The molecule has 1 N–H and O–H groups in total. The first-order chi connectivity index (χ1) is 12.2. The number of nitrogens with zero attached hydrogens (tertiary/aromatic N) is 2. The summed E-state index contributed by atoms with van der Waals surface area (Å²) in [4.78, 5) is 39.8. The Balaban J connectivity index is 1.78. The van der Waals surface area contributed by atoms with Gasteiger partial charge in [-0.2, -0.15) is 0 Å². The van der Waals surface area contributed by atoms with Crippen molar-refractivity contribution in [3.63, 3.8) is 0 Å². The Labute approximate surface area is 150 Å². The first-order valence-corrected chi connectivity index (χ1v) is 8.60. The highest BCUT2D eigenvalue weighted by molar-refractivity contribution is 6.09. The lowest BCUT2D eigenvalue weighted by Crippen LogP contribution is -2.46. The van der Waals surface area contributed by atoms with Crippen molar-refractivity contribution in [1.82, 2.24) is 15.1 Å². The maximum absolute atomic E-state index is 14.1. The van der Waals surface area contributed by atoms with E-state index < -0.39 is 35.7 Å². The molecule has 1 aromatic rings. The van der Waals surface area contributed by atoms with E-state index in [9.17, 15) is 23.2 Å². The topological polar surface area (TPSA) is 69.7 Å². The second-order valence-electron chi connectivity index (χ2n) is 7.13. The average molecular weight is 365 g/mol. The molecule has 0 bridgehead atoms. The molecule has 26 heavy (non-hydrogen) atoms. The van der Waals surface area contributed by atoms with Gasteiger partial charge in [0, 0.05) is 18.7 Å². The minimum Gasteiger partial charge on any atom is -0.341 e. The Bertz CT molecular complexity index is 762. The fourth-order valence-corrected chi connectivity index (χ4v) is 3.40. The van der Waals surface area contributed by atoms with Gasteiger partial charge in [0.05, 0.1) is 0 Å². The summed E-state index contributed by atoms with van der Waals surface area (Å²) in [6.07, 6.45) is 1.75. The van der Waals surface area contributed by atoms with Gasteiger partial charge in [0.2, 0.25) is 5.91 Å². The SMILES string of the molecule is CC1CCN(C(=O)CN2C(=O)N[C@@](C)(c3cc(F)ccc3F)C2=O)CC1. The quantitative estimate of drug-likeness (QED) is 0.833. The van der Waals surface area contributed by atoms with Crippen molar-refractivity contribution >= 4 is 17.8 Å². The highest BCUT2D eigenvalue weighted by atomic mass is 19.1. The molecule has 0 aliphatic carbocycles. The number of rotatable bonds is 3. The number of nitrogens with one attached hydrogen (secondary N) is 1. The average Bonchev–Trinajstić information content (AvgIpc) is 2.81. The molecule has 6 nitrogen and oxygen atoms in total. The molecule has 2 heterocycles. The zero-order valence-corrected chi connectivity index (χ0v) is 14.7. The lowest BCUT2D eigenvalue weighted by Gasteiger charge is -2.31. The highest BCUT2D eigenvalue weighted by Gasteiger charge is 2.51. The Morgan fingerprint density at radius 2 is 1.92 bits per heavy atom. The van der Waals surface area contributed by atoms with Crippen LogP contribution in [-0.2, 0) is 15.1 Å². The molecule has 140 valence electrons. The molecule has 0 spiro atoms. The van der Waals surface area contributed by atoms with E-state index >= 15 is 0 Å². The van der Waals surface area contributed by atoms with Crippen molar-refractivity contribution in [2.75, 3.05) is 19.6 Å². The second kappa shape index (κ2) is 6.66. The first-order valence-electron chi connectivity index (χ1n) is 8.60. The molecule has 4 amide bonds. The smallest absolute Gasteiger partial charge is 0.325 e. The third-order valence-electron chi connectivity index (χ3n) is 5.17. The lowest BCUT2D eigenvalue weighted by molar-refractivity contribution is -0.139. The lowest BCUT2D eigenvalue weighted by atomic mass is 9.91. The molecular formula is C18H21F2N3O3. The van der Waals surface area contributed by atoms with E-state index in [4.69, 9.17) is 0 Å². The van der Waals surface area contributed by atoms with Gasteiger partial charge in [0.1, 0.15) is 23.7 Å². The largest absolute Gasteiger partial charge is 0.341 e. The van der Waals surface area contributed by atoms with E-state index in [2.05, 4.69) is 12.2 Å². The molecule has 0 saturated carbocycles. The number of carbonyl (C=O) groups is 3. The molecule has 0 radical (unpaired) electrons. The molecular weight excluding hydrogens is 344 g/mol. The molecule has 1 aromatic carbocycles. The maximum Gasteiger partial charge on any atom is 0.325 e. The van der Waals surface area contributed by atoms with Gasteiger partial charge >= 0.3 is 6.03 Å². The van der Waals surface area contributed by atoms with Crippen LogP contribution in [0.4, 0.5) is 13.6 Å². The zero-order chi connectivity index (χ0) is 19.1. The van der Waals surface area contributed by atoms with Gasteiger partial charge in [-0.15, -0.1) is 0 Å².